The van der Waals surface area contributed by atoms with Gasteiger partial charge in [-0.25, -0.2) is 0 Å². The Morgan fingerprint density at radius 2 is 1.68 bits per heavy atom. The van der Waals surface area contributed by atoms with Gasteiger partial charge in [-0.05, 0) is 74.5 Å². The van der Waals surface area contributed by atoms with E-state index in [1.165, 1.54) is 64.6 Å². The molecule has 5 rings (SSSR count). The maximum absolute atomic E-state index is 6.26. The molecule has 2 aliphatic heterocycles. The van der Waals surface area contributed by atoms with Gasteiger partial charge in [-0.3, -0.25) is 9.80 Å². The molecule has 3 heterocycles. The lowest BCUT2D eigenvalue weighted by molar-refractivity contribution is -0.00696. The lowest BCUT2D eigenvalue weighted by atomic mass is 9.78. The minimum atomic E-state index is 0.709. The van der Waals surface area contributed by atoms with Crippen molar-refractivity contribution in [1.82, 2.24) is 9.80 Å². The van der Waals surface area contributed by atoms with Crippen molar-refractivity contribution < 1.29 is 4.42 Å². The minimum absolute atomic E-state index is 0.709. The van der Waals surface area contributed by atoms with E-state index in [4.69, 9.17) is 16.0 Å². The summed E-state index contributed by atoms with van der Waals surface area (Å²) in [6.45, 7) is 4.65. The van der Waals surface area contributed by atoms with Gasteiger partial charge in [-0.2, -0.15) is 0 Å². The molecule has 2 aromatic rings. The second-order valence-electron chi connectivity index (χ2n) is 8.88. The summed E-state index contributed by atoms with van der Waals surface area (Å²) in [5.41, 5.74) is 1.10. The molecule has 3 nitrogen and oxygen atoms in total. The smallest absolute Gasteiger partial charge is 0.134 e. The fourth-order valence-electron chi connectivity index (χ4n) is 5.87. The van der Waals surface area contributed by atoms with Crippen LogP contribution in [0.1, 0.15) is 50.7 Å². The Morgan fingerprint density at radius 3 is 2.50 bits per heavy atom. The Labute approximate surface area is 173 Å². The molecular weight excluding hydrogens is 368 g/mol. The van der Waals surface area contributed by atoms with E-state index in [1.54, 1.807) is 0 Å². The zero-order chi connectivity index (χ0) is 18.9. The van der Waals surface area contributed by atoms with Crippen molar-refractivity contribution in [3.63, 3.8) is 0 Å². The highest BCUT2D eigenvalue weighted by atomic mass is 35.5. The summed E-state index contributed by atoms with van der Waals surface area (Å²) in [4.78, 5) is 5.53. The SMILES string of the molecule is Clc1ccc(-c2ccc(CN3CCN4CCC[C@@H]4[C@@H]3C3CCCCC3)o2)cc1. The van der Waals surface area contributed by atoms with E-state index in [2.05, 4.69) is 21.9 Å². The average molecular weight is 399 g/mol. The van der Waals surface area contributed by atoms with Crippen LogP contribution >= 0.6 is 11.6 Å². The van der Waals surface area contributed by atoms with Gasteiger partial charge in [0.15, 0.2) is 0 Å². The monoisotopic (exact) mass is 398 g/mol. The van der Waals surface area contributed by atoms with Gasteiger partial charge < -0.3 is 4.42 Å². The molecule has 150 valence electrons. The molecule has 0 bridgehead atoms. The van der Waals surface area contributed by atoms with Gasteiger partial charge in [0.2, 0.25) is 0 Å². The zero-order valence-electron chi connectivity index (χ0n) is 16.7. The van der Waals surface area contributed by atoms with E-state index < -0.39 is 0 Å². The van der Waals surface area contributed by atoms with Crippen LogP contribution in [0.2, 0.25) is 5.02 Å². The van der Waals surface area contributed by atoms with Gasteiger partial charge in [0.1, 0.15) is 11.5 Å². The highest BCUT2D eigenvalue weighted by molar-refractivity contribution is 6.30. The highest BCUT2D eigenvalue weighted by Gasteiger charge is 2.43. The third-order valence-electron chi connectivity index (χ3n) is 7.19. The number of piperazine rings is 1. The topological polar surface area (TPSA) is 19.6 Å². The summed E-state index contributed by atoms with van der Waals surface area (Å²) in [5.74, 6) is 2.91. The maximum atomic E-state index is 6.26. The predicted molar refractivity (Wildman–Crippen MR) is 115 cm³/mol. The van der Waals surface area contributed by atoms with E-state index in [9.17, 15) is 0 Å². The number of furan rings is 1. The van der Waals surface area contributed by atoms with Crippen LogP contribution in [-0.2, 0) is 6.54 Å². The number of nitrogens with zero attached hydrogens (tertiary/aromatic N) is 2. The summed E-state index contributed by atoms with van der Waals surface area (Å²) in [7, 11) is 0. The van der Waals surface area contributed by atoms with Crippen molar-refractivity contribution in [3.05, 3.63) is 47.2 Å². The molecule has 3 fully saturated rings. The molecule has 4 heteroatoms. The van der Waals surface area contributed by atoms with Crippen molar-refractivity contribution in [2.45, 2.75) is 63.6 Å². The van der Waals surface area contributed by atoms with Gasteiger partial charge in [0, 0.05) is 35.8 Å². The molecule has 0 N–H and O–H groups in total. The zero-order valence-corrected chi connectivity index (χ0v) is 17.4. The van der Waals surface area contributed by atoms with Gasteiger partial charge in [0.05, 0.1) is 6.54 Å². The fraction of sp³-hybridized carbons (Fsp3) is 0.583. The summed E-state index contributed by atoms with van der Waals surface area (Å²) in [5, 5.41) is 0.764. The Hall–Kier alpha value is -1.29. The van der Waals surface area contributed by atoms with Gasteiger partial charge in [0.25, 0.3) is 0 Å². The third kappa shape index (κ3) is 3.77. The van der Waals surface area contributed by atoms with Crippen molar-refractivity contribution >= 4 is 11.6 Å². The molecule has 0 radical (unpaired) electrons. The number of hydrogen-bond acceptors (Lipinski definition) is 3. The second kappa shape index (κ2) is 8.22. The normalized spacial score (nSPS) is 27.2. The van der Waals surface area contributed by atoms with Crippen molar-refractivity contribution in [3.8, 4) is 11.3 Å². The van der Waals surface area contributed by atoms with Crippen LogP contribution in [0.25, 0.3) is 11.3 Å². The molecule has 0 unspecified atom stereocenters. The van der Waals surface area contributed by atoms with E-state index in [0.29, 0.717) is 6.04 Å². The molecule has 1 saturated carbocycles. The quantitative estimate of drug-likeness (QED) is 0.646. The van der Waals surface area contributed by atoms with E-state index >= 15 is 0 Å². The Bertz CT molecular complexity index is 780. The van der Waals surface area contributed by atoms with Crippen LogP contribution in [0.3, 0.4) is 0 Å². The Morgan fingerprint density at radius 1 is 0.857 bits per heavy atom. The van der Waals surface area contributed by atoms with E-state index in [1.807, 2.05) is 24.3 Å². The van der Waals surface area contributed by atoms with Gasteiger partial charge in [-0.1, -0.05) is 30.9 Å². The first-order valence-electron chi connectivity index (χ1n) is 11.1. The summed E-state index contributed by atoms with van der Waals surface area (Å²) in [6, 6.07) is 13.7. The minimum Gasteiger partial charge on any atom is -0.460 e. The van der Waals surface area contributed by atoms with Crippen molar-refractivity contribution in [2.75, 3.05) is 19.6 Å². The molecule has 1 aromatic heterocycles. The van der Waals surface area contributed by atoms with Crippen LogP contribution in [0, 0.1) is 5.92 Å². The van der Waals surface area contributed by atoms with Crippen LogP contribution in [0.15, 0.2) is 40.8 Å². The maximum Gasteiger partial charge on any atom is 0.134 e. The molecule has 28 heavy (non-hydrogen) atoms. The Kier molecular flexibility index (Phi) is 5.49. The lowest BCUT2D eigenvalue weighted by Gasteiger charge is -2.49. The highest BCUT2D eigenvalue weighted by Crippen LogP contribution is 2.38. The lowest BCUT2D eigenvalue weighted by Crippen LogP contribution is -2.59. The van der Waals surface area contributed by atoms with Gasteiger partial charge >= 0.3 is 0 Å². The van der Waals surface area contributed by atoms with Crippen LogP contribution in [0.5, 0.6) is 0 Å². The van der Waals surface area contributed by atoms with E-state index in [0.717, 1.165) is 40.6 Å². The molecule has 0 amide bonds. The largest absolute Gasteiger partial charge is 0.460 e. The summed E-state index contributed by atoms with van der Waals surface area (Å²) < 4.78 is 6.26. The third-order valence-corrected chi connectivity index (χ3v) is 7.44. The van der Waals surface area contributed by atoms with E-state index in [-0.39, 0.29) is 0 Å². The van der Waals surface area contributed by atoms with Crippen LogP contribution < -0.4 is 0 Å². The molecule has 3 aliphatic rings. The number of fused-ring (bicyclic) bond motifs is 1. The number of hydrogen-bond donors (Lipinski definition) is 0. The number of benzene rings is 1. The van der Waals surface area contributed by atoms with Gasteiger partial charge in [-0.15, -0.1) is 0 Å². The van der Waals surface area contributed by atoms with Crippen LogP contribution in [0.4, 0.5) is 0 Å². The molecule has 1 aliphatic carbocycles. The summed E-state index contributed by atoms with van der Waals surface area (Å²) in [6.07, 6.45) is 9.86. The number of halogens is 1. The summed E-state index contributed by atoms with van der Waals surface area (Å²) >= 11 is 6.03. The Balaban J connectivity index is 1.34. The molecule has 1 aromatic carbocycles. The molecule has 0 spiro atoms. The average Bonchev–Trinajstić information content (AvgIpc) is 3.39. The van der Waals surface area contributed by atoms with Crippen molar-refractivity contribution in [2.24, 2.45) is 5.92 Å². The first-order valence-corrected chi connectivity index (χ1v) is 11.5. The standard InChI is InChI=1S/C24H31ClN2O/c25-20-10-8-18(9-11-20)23-13-12-21(28-23)17-27-16-15-26-14-4-7-22(26)24(27)19-5-2-1-3-6-19/h8-13,19,22,24H,1-7,14-17H2/t22-,24+/m1/s1. The van der Waals surface area contributed by atoms with Crippen LogP contribution in [-0.4, -0.2) is 41.5 Å². The fourth-order valence-corrected chi connectivity index (χ4v) is 6.00. The molecule has 2 saturated heterocycles. The number of rotatable bonds is 4. The first-order chi connectivity index (χ1) is 13.8. The molecular formula is C24H31ClN2O. The second-order valence-corrected chi connectivity index (χ2v) is 9.31. The predicted octanol–water partition coefficient (Wildman–Crippen LogP) is 5.83. The first kappa shape index (κ1) is 18.7. The molecule has 2 atom stereocenters. The van der Waals surface area contributed by atoms with Crippen molar-refractivity contribution in [1.29, 1.82) is 0 Å².